The number of ether oxygens (including phenoxy) is 2. The van der Waals surface area contributed by atoms with Gasteiger partial charge in [0.25, 0.3) is 5.69 Å². The van der Waals surface area contributed by atoms with E-state index in [-0.39, 0.29) is 24.6 Å². The van der Waals surface area contributed by atoms with E-state index < -0.39 is 4.92 Å². The lowest BCUT2D eigenvalue weighted by atomic mass is 10.0. The number of thiazole rings is 1. The Kier molecular flexibility index (Phi) is 7.37. The van der Waals surface area contributed by atoms with Crippen molar-refractivity contribution >= 4 is 28.6 Å². The van der Waals surface area contributed by atoms with Gasteiger partial charge in [-0.2, -0.15) is 0 Å². The van der Waals surface area contributed by atoms with E-state index in [1.165, 1.54) is 23.5 Å². The summed E-state index contributed by atoms with van der Waals surface area (Å²) < 4.78 is 11.2. The van der Waals surface area contributed by atoms with E-state index in [2.05, 4.69) is 10.3 Å². The van der Waals surface area contributed by atoms with Gasteiger partial charge in [0.15, 0.2) is 0 Å². The number of hydrogen-bond acceptors (Lipinski definition) is 7. The molecule has 9 heteroatoms. The van der Waals surface area contributed by atoms with Gasteiger partial charge in [0.2, 0.25) is 5.91 Å². The molecular formula is C26H23N3O5S. The molecule has 1 heterocycles. The Morgan fingerprint density at radius 3 is 2.51 bits per heavy atom. The van der Waals surface area contributed by atoms with Gasteiger partial charge in [0, 0.05) is 28.8 Å². The van der Waals surface area contributed by atoms with E-state index in [0.29, 0.717) is 27.8 Å². The molecule has 0 saturated heterocycles. The van der Waals surface area contributed by atoms with Gasteiger partial charge < -0.3 is 14.8 Å². The number of nitrogens with zero attached hydrogens (tertiary/aromatic N) is 2. The first-order valence-electron chi connectivity index (χ1n) is 10.8. The molecule has 35 heavy (non-hydrogen) atoms. The average molecular weight is 490 g/mol. The Labute approximate surface area is 206 Å². The molecule has 0 spiro atoms. The lowest BCUT2D eigenvalue weighted by molar-refractivity contribution is -0.384. The lowest BCUT2D eigenvalue weighted by Crippen LogP contribution is -2.14. The second kappa shape index (κ2) is 10.8. The molecule has 178 valence electrons. The average Bonchev–Trinajstić information content (AvgIpc) is 3.31. The summed E-state index contributed by atoms with van der Waals surface area (Å²) in [5, 5.41) is 16.7. The van der Waals surface area contributed by atoms with Crippen LogP contribution in [0.25, 0.3) is 11.1 Å². The van der Waals surface area contributed by atoms with Crippen LogP contribution in [0.4, 0.5) is 11.4 Å². The first-order valence-corrected chi connectivity index (χ1v) is 11.6. The maximum Gasteiger partial charge on any atom is 0.270 e. The summed E-state index contributed by atoms with van der Waals surface area (Å²) in [6.07, 6.45) is 0.160. The molecule has 3 aromatic carbocycles. The maximum absolute atomic E-state index is 12.3. The zero-order chi connectivity index (χ0) is 24.8. The summed E-state index contributed by atoms with van der Waals surface area (Å²) >= 11 is 1.38. The zero-order valence-corrected chi connectivity index (χ0v) is 20.0. The lowest BCUT2D eigenvalue weighted by Gasteiger charge is -2.11. The summed E-state index contributed by atoms with van der Waals surface area (Å²) in [5.74, 6) is 1.03. The smallest absolute Gasteiger partial charge is 0.270 e. The van der Waals surface area contributed by atoms with Gasteiger partial charge in [-0.3, -0.25) is 14.9 Å². The minimum atomic E-state index is -0.439. The van der Waals surface area contributed by atoms with E-state index in [4.69, 9.17) is 9.47 Å². The van der Waals surface area contributed by atoms with E-state index in [9.17, 15) is 14.9 Å². The number of hydrogen-bond donors (Lipinski definition) is 1. The number of amides is 1. The van der Waals surface area contributed by atoms with Crippen molar-refractivity contribution in [2.75, 3.05) is 12.4 Å². The number of nitro groups is 1. The van der Waals surface area contributed by atoms with Crippen LogP contribution in [-0.2, 0) is 17.8 Å². The Morgan fingerprint density at radius 2 is 1.83 bits per heavy atom. The van der Waals surface area contributed by atoms with Crippen LogP contribution < -0.4 is 14.8 Å². The standard InChI is InChI=1S/C26H23N3O5S/c1-17-3-7-19(8-4-17)27-25(30)14-26-28-20(16-35-26)15-34-24-12-9-21(29(31)32)13-23(24)18-5-10-22(33-2)11-6-18/h3-13,16H,14-15H2,1-2H3,(H,27,30). The zero-order valence-electron chi connectivity index (χ0n) is 19.2. The molecule has 1 amide bonds. The fourth-order valence-electron chi connectivity index (χ4n) is 3.38. The van der Waals surface area contributed by atoms with Gasteiger partial charge in [0.05, 0.1) is 24.1 Å². The highest BCUT2D eigenvalue weighted by Gasteiger charge is 2.15. The Hall–Kier alpha value is -4.24. The second-order valence-corrected chi connectivity index (χ2v) is 8.72. The minimum absolute atomic E-state index is 0.0290. The normalized spacial score (nSPS) is 10.6. The van der Waals surface area contributed by atoms with Crippen LogP contribution in [0.5, 0.6) is 11.5 Å². The van der Waals surface area contributed by atoms with E-state index in [1.54, 1.807) is 25.3 Å². The Morgan fingerprint density at radius 1 is 1.09 bits per heavy atom. The van der Waals surface area contributed by atoms with Crippen molar-refractivity contribution in [1.82, 2.24) is 4.98 Å². The monoisotopic (exact) mass is 489 g/mol. The van der Waals surface area contributed by atoms with Gasteiger partial charge in [-0.25, -0.2) is 4.98 Å². The fourth-order valence-corrected chi connectivity index (χ4v) is 4.16. The van der Waals surface area contributed by atoms with Crippen molar-refractivity contribution in [2.24, 2.45) is 0 Å². The van der Waals surface area contributed by atoms with Crippen LogP contribution in [0.1, 0.15) is 16.3 Å². The Bertz CT molecular complexity index is 1330. The number of carbonyl (C=O) groups excluding carboxylic acids is 1. The molecule has 0 radical (unpaired) electrons. The van der Waals surface area contributed by atoms with E-state index in [1.807, 2.05) is 48.7 Å². The summed E-state index contributed by atoms with van der Waals surface area (Å²) in [4.78, 5) is 27.7. The molecule has 0 atom stereocenters. The number of rotatable bonds is 9. The number of aryl methyl sites for hydroxylation is 1. The molecule has 8 nitrogen and oxygen atoms in total. The number of nitrogens with one attached hydrogen (secondary N) is 1. The van der Waals surface area contributed by atoms with Crippen molar-refractivity contribution < 1.29 is 19.2 Å². The minimum Gasteiger partial charge on any atom is -0.497 e. The fraction of sp³-hybridized carbons (Fsp3) is 0.154. The highest BCUT2D eigenvalue weighted by molar-refractivity contribution is 7.09. The molecule has 0 saturated carbocycles. The molecular weight excluding hydrogens is 466 g/mol. The number of carbonyl (C=O) groups is 1. The maximum atomic E-state index is 12.3. The summed E-state index contributed by atoms with van der Waals surface area (Å²) in [7, 11) is 1.57. The quantitative estimate of drug-likeness (QED) is 0.236. The third kappa shape index (κ3) is 6.21. The van der Waals surface area contributed by atoms with Crippen LogP contribution >= 0.6 is 11.3 Å². The number of benzene rings is 3. The Balaban J connectivity index is 1.44. The molecule has 0 fully saturated rings. The molecule has 0 aliphatic heterocycles. The topological polar surface area (TPSA) is 104 Å². The molecule has 0 aliphatic carbocycles. The highest BCUT2D eigenvalue weighted by atomic mass is 32.1. The molecule has 0 unspecified atom stereocenters. The summed E-state index contributed by atoms with van der Waals surface area (Å²) in [5.41, 5.74) is 3.86. The van der Waals surface area contributed by atoms with Crippen LogP contribution in [0.15, 0.2) is 72.1 Å². The van der Waals surface area contributed by atoms with Gasteiger partial charge in [-0.05, 0) is 42.8 Å². The third-order valence-electron chi connectivity index (χ3n) is 5.20. The van der Waals surface area contributed by atoms with Gasteiger partial charge >= 0.3 is 0 Å². The van der Waals surface area contributed by atoms with Gasteiger partial charge in [0.1, 0.15) is 23.1 Å². The first-order chi connectivity index (χ1) is 16.9. The SMILES string of the molecule is COc1ccc(-c2cc([N+](=O)[O-])ccc2OCc2csc(CC(=O)Nc3ccc(C)cc3)n2)cc1. The van der Waals surface area contributed by atoms with Crippen molar-refractivity contribution in [3.8, 4) is 22.6 Å². The number of methoxy groups -OCH3 is 1. The molecule has 4 rings (SSSR count). The molecule has 0 bridgehead atoms. The van der Waals surface area contributed by atoms with Crippen molar-refractivity contribution in [3.63, 3.8) is 0 Å². The van der Waals surface area contributed by atoms with Crippen molar-refractivity contribution in [1.29, 1.82) is 0 Å². The highest BCUT2D eigenvalue weighted by Crippen LogP contribution is 2.35. The second-order valence-electron chi connectivity index (χ2n) is 7.78. The van der Waals surface area contributed by atoms with Crippen LogP contribution in [-0.4, -0.2) is 22.9 Å². The summed E-state index contributed by atoms with van der Waals surface area (Å²) in [6, 6.07) is 19.3. The van der Waals surface area contributed by atoms with Crippen LogP contribution in [0.2, 0.25) is 0 Å². The molecule has 1 aromatic heterocycles. The molecule has 0 aliphatic rings. The van der Waals surface area contributed by atoms with Gasteiger partial charge in [-0.15, -0.1) is 11.3 Å². The third-order valence-corrected chi connectivity index (χ3v) is 6.09. The molecule has 1 N–H and O–H groups in total. The predicted molar refractivity (Wildman–Crippen MR) is 135 cm³/mol. The summed E-state index contributed by atoms with van der Waals surface area (Å²) in [6.45, 7) is 2.15. The van der Waals surface area contributed by atoms with Crippen LogP contribution in [0.3, 0.4) is 0 Å². The molecule has 4 aromatic rings. The number of non-ortho nitro benzene ring substituents is 1. The van der Waals surface area contributed by atoms with E-state index in [0.717, 1.165) is 16.8 Å². The number of anilines is 1. The first kappa shape index (κ1) is 23.9. The number of nitro benzene ring substituents is 1. The van der Waals surface area contributed by atoms with E-state index >= 15 is 0 Å². The number of aromatic nitrogens is 1. The predicted octanol–water partition coefficient (Wildman–Crippen LogP) is 5.80. The van der Waals surface area contributed by atoms with Gasteiger partial charge in [-0.1, -0.05) is 29.8 Å². The van der Waals surface area contributed by atoms with Crippen molar-refractivity contribution in [2.45, 2.75) is 20.0 Å². The largest absolute Gasteiger partial charge is 0.497 e. The van der Waals surface area contributed by atoms with Crippen LogP contribution in [0, 0.1) is 17.0 Å². The van der Waals surface area contributed by atoms with Crippen molar-refractivity contribution in [3.05, 3.63) is 98.5 Å².